The van der Waals surface area contributed by atoms with Crippen LogP contribution in [0.15, 0.2) is 53.5 Å². The monoisotopic (exact) mass is 491 g/mol. The van der Waals surface area contributed by atoms with Crippen LogP contribution >= 0.6 is 0 Å². The second-order valence-corrected chi connectivity index (χ2v) is 8.99. The summed E-state index contributed by atoms with van der Waals surface area (Å²) in [5.41, 5.74) is 2.74. The van der Waals surface area contributed by atoms with Crippen molar-refractivity contribution in [1.29, 1.82) is 0 Å². The summed E-state index contributed by atoms with van der Waals surface area (Å²) >= 11 is 0. The Morgan fingerprint density at radius 1 is 1.17 bits per heavy atom. The molecule has 2 N–H and O–H groups in total. The number of benzene rings is 2. The molecular weight excluding hydrogens is 464 g/mol. The fourth-order valence-corrected chi connectivity index (χ4v) is 4.63. The number of aromatic amines is 1. The molecule has 2 aromatic carbocycles. The van der Waals surface area contributed by atoms with Crippen LogP contribution in [0.4, 0.5) is 14.5 Å². The molecule has 9 heteroatoms. The van der Waals surface area contributed by atoms with Crippen molar-refractivity contribution in [3.63, 3.8) is 0 Å². The first kappa shape index (κ1) is 23.9. The highest BCUT2D eigenvalue weighted by Crippen LogP contribution is 2.30. The number of anilines is 1. The van der Waals surface area contributed by atoms with Crippen molar-refractivity contribution in [2.45, 2.75) is 25.8 Å². The van der Waals surface area contributed by atoms with Gasteiger partial charge in [0.2, 0.25) is 0 Å². The van der Waals surface area contributed by atoms with Gasteiger partial charge in [0, 0.05) is 43.4 Å². The topological polar surface area (TPSA) is 83.1 Å². The summed E-state index contributed by atoms with van der Waals surface area (Å²) in [5, 5.41) is 4.00. The van der Waals surface area contributed by atoms with E-state index in [9.17, 15) is 13.6 Å². The van der Waals surface area contributed by atoms with E-state index in [0.717, 1.165) is 43.4 Å². The van der Waals surface area contributed by atoms with E-state index in [4.69, 9.17) is 4.74 Å². The predicted octanol–water partition coefficient (Wildman–Crippen LogP) is 4.37. The smallest absolute Gasteiger partial charge is 0.258 e. The molecule has 7 nitrogen and oxygen atoms in total. The molecule has 0 spiro atoms. The molecule has 1 atom stereocenters. The van der Waals surface area contributed by atoms with Crippen LogP contribution in [0.25, 0.3) is 22.2 Å². The number of methoxy groups -OCH3 is 1. The maximum atomic E-state index is 13.5. The van der Waals surface area contributed by atoms with Crippen LogP contribution in [0.5, 0.6) is 5.75 Å². The molecule has 0 aliphatic carbocycles. The number of likely N-dealkylation sites (tertiary alicyclic amines) is 1. The zero-order valence-electron chi connectivity index (χ0n) is 20.1. The van der Waals surface area contributed by atoms with Gasteiger partial charge in [-0.15, -0.1) is 0 Å². The van der Waals surface area contributed by atoms with Gasteiger partial charge in [-0.25, -0.2) is 13.8 Å². The van der Waals surface area contributed by atoms with Crippen molar-refractivity contribution < 1.29 is 13.5 Å². The SMILES string of the molecule is CCN1CC[C@@H](Nc2cc3nc(Cc4ccc(-c5cc(F)cc(F)c5)nc4)[nH]c(=O)c3cc2OC)C1. The summed E-state index contributed by atoms with van der Waals surface area (Å²) in [6, 6.07) is 10.7. The van der Waals surface area contributed by atoms with Crippen LogP contribution in [0.2, 0.25) is 0 Å². The fourth-order valence-electron chi connectivity index (χ4n) is 4.63. The Kier molecular flexibility index (Phi) is 6.65. The minimum Gasteiger partial charge on any atom is -0.495 e. The lowest BCUT2D eigenvalue weighted by molar-refractivity contribution is 0.355. The summed E-state index contributed by atoms with van der Waals surface area (Å²) in [7, 11) is 1.59. The van der Waals surface area contributed by atoms with Gasteiger partial charge in [-0.1, -0.05) is 13.0 Å². The molecule has 1 fully saturated rings. The standard InChI is InChI=1S/C27H27F2N5O2/c1-3-34-7-6-20(15-34)31-24-13-23-21(12-25(24)36-2)27(35)33-26(32-23)8-16-4-5-22(30-14-16)17-9-18(28)11-19(29)10-17/h4-5,9-14,20,31H,3,6-8,15H2,1-2H3,(H,32,33,35)/t20-/m1/s1. The van der Waals surface area contributed by atoms with E-state index in [0.29, 0.717) is 46.2 Å². The minimum absolute atomic E-state index is 0.252. The number of ether oxygens (including phenoxy) is 1. The van der Waals surface area contributed by atoms with Crippen molar-refractivity contribution in [3.8, 4) is 17.0 Å². The summed E-state index contributed by atoms with van der Waals surface area (Å²) in [4.78, 5) is 27.1. The van der Waals surface area contributed by atoms with Gasteiger partial charge in [0.25, 0.3) is 5.56 Å². The first-order chi connectivity index (χ1) is 17.4. The Bertz CT molecular complexity index is 1440. The molecule has 0 unspecified atom stereocenters. The molecule has 3 heterocycles. The van der Waals surface area contributed by atoms with E-state index < -0.39 is 11.6 Å². The van der Waals surface area contributed by atoms with Gasteiger partial charge in [0.05, 0.1) is 29.4 Å². The summed E-state index contributed by atoms with van der Waals surface area (Å²) < 4.78 is 32.6. The van der Waals surface area contributed by atoms with E-state index in [1.54, 1.807) is 31.5 Å². The zero-order chi connectivity index (χ0) is 25.2. The average Bonchev–Trinajstić information content (AvgIpc) is 3.31. The Morgan fingerprint density at radius 2 is 1.97 bits per heavy atom. The number of hydrogen-bond donors (Lipinski definition) is 2. The number of hydrogen-bond acceptors (Lipinski definition) is 6. The van der Waals surface area contributed by atoms with Gasteiger partial charge >= 0.3 is 0 Å². The van der Waals surface area contributed by atoms with Gasteiger partial charge in [-0.05, 0) is 48.9 Å². The van der Waals surface area contributed by atoms with E-state index in [-0.39, 0.29) is 5.56 Å². The molecule has 1 aliphatic rings. The molecule has 2 aromatic heterocycles. The predicted molar refractivity (Wildman–Crippen MR) is 135 cm³/mol. The minimum atomic E-state index is -0.657. The van der Waals surface area contributed by atoms with Crippen molar-refractivity contribution in [2.24, 2.45) is 0 Å². The van der Waals surface area contributed by atoms with E-state index in [2.05, 4.69) is 32.1 Å². The lowest BCUT2D eigenvalue weighted by Crippen LogP contribution is -2.26. The Labute approximate surface area is 207 Å². The molecule has 0 radical (unpaired) electrons. The van der Waals surface area contributed by atoms with Crippen molar-refractivity contribution >= 4 is 16.6 Å². The van der Waals surface area contributed by atoms with Crippen LogP contribution < -0.4 is 15.6 Å². The third kappa shape index (κ3) is 5.06. The largest absolute Gasteiger partial charge is 0.495 e. The molecule has 0 amide bonds. The summed E-state index contributed by atoms with van der Waals surface area (Å²) in [6.45, 7) is 5.17. The van der Waals surface area contributed by atoms with E-state index in [1.807, 2.05) is 6.07 Å². The number of halogens is 2. The first-order valence-electron chi connectivity index (χ1n) is 11.9. The summed E-state index contributed by atoms with van der Waals surface area (Å²) in [5.74, 6) is -0.219. The van der Waals surface area contributed by atoms with Gasteiger partial charge in [0.15, 0.2) is 0 Å². The second-order valence-electron chi connectivity index (χ2n) is 8.99. The van der Waals surface area contributed by atoms with Crippen LogP contribution in [-0.2, 0) is 6.42 Å². The van der Waals surface area contributed by atoms with Crippen LogP contribution in [-0.4, -0.2) is 52.6 Å². The molecule has 4 aromatic rings. The van der Waals surface area contributed by atoms with E-state index >= 15 is 0 Å². The average molecular weight is 492 g/mol. The summed E-state index contributed by atoms with van der Waals surface area (Å²) in [6.07, 6.45) is 3.00. The molecule has 36 heavy (non-hydrogen) atoms. The maximum Gasteiger partial charge on any atom is 0.258 e. The number of pyridine rings is 1. The molecule has 1 aliphatic heterocycles. The van der Waals surface area contributed by atoms with Crippen molar-refractivity contribution in [1.82, 2.24) is 19.9 Å². The molecule has 186 valence electrons. The number of nitrogens with zero attached hydrogens (tertiary/aromatic N) is 3. The number of rotatable bonds is 7. The van der Waals surface area contributed by atoms with Crippen LogP contribution in [0.3, 0.4) is 0 Å². The van der Waals surface area contributed by atoms with Gasteiger partial charge < -0.3 is 19.9 Å². The Hall–Kier alpha value is -3.85. The quantitative estimate of drug-likeness (QED) is 0.400. The molecular formula is C27H27F2N5O2. The highest BCUT2D eigenvalue weighted by Gasteiger charge is 2.22. The number of H-pyrrole nitrogens is 1. The van der Waals surface area contributed by atoms with Crippen molar-refractivity contribution in [3.05, 3.63) is 82.0 Å². The molecule has 0 saturated carbocycles. The lowest BCUT2D eigenvalue weighted by atomic mass is 10.1. The van der Waals surface area contributed by atoms with Crippen LogP contribution in [0.1, 0.15) is 24.7 Å². The maximum absolute atomic E-state index is 13.5. The highest BCUT2D eigenvalue weighted by molar-refractivity contribution is 5.85. The number of nitrogens with one attached hydrogen (secondary N) is 2. The van der Waals surface area contributed by atoms with Gasteiger partial charge in [-0.2, -0.15) is 0 Å². The van der Waals surface area contributed by atoms with E-state index in [1.165, 1.54) is 12.1 Å². The fraction of sp³-hybridized carbons (Fsp3) is 0.296. The van der Waals surface area contributed by atoms with Gasteiger partial charge in [-0.3, -0.25) is 9.78 Å². The third-order valence-electron chi connectivity index (χ3n) is 6.51. The Morgan fingerprint density at radius 3 is 2.64 bits per heavy atom. The zero-order valence-corrected chi connectivity index (χ0v) is 20.1. The molecule has 0 bridgehead atoms. The van der Waals surface area contributed by atoms with Crippen LogP contribution in [0, 0.1) is 11.6 Å². The number of likely N-dealkylation sites (N-methyl/N-ethyl adjacent to an activating group) is 1. The molecule has 1 saturated heterocycles. The van der Waals surface area contributed by atoms with Crippen molar-refractivity contribution in [2.75, 3.05) is 32.1 Å². The number of fused-ring (bicyclic) bond motifs is 1. The normalized spacial score (nSPS) is 15.9. The Balaban J connectivity index is 1.40. The third-order valence-corrected chi connectivity index (χ3v) is 6.51. The second kappa shape index (κ2) is 10.0. The number of aromatic nitrogens is 3. The van der Waals surface area contributed by atoms with Gasteiger partial charge in [0.1, 0.15) is 23.2 Å². The lowest BCUT2D eigenvalue weighted by Gasteiger charge is -2.18. The first-order valence-corrected chi connectivity index (χ1v) is 11.9. The highest BCUT2D eigenvalue weighted by atomic mass is 19.1. The molecule has 5 rings (SSSR count).